The van der Waals surface area contributed by atoms with Crippen molar-refractivity contribution in [3.63, 3.8) is 0 Å². The van der Waals surface area contributed by atoms with Crippen LogP contribution in [0, 0.1) is 23.5 Å². The summed E-state index contributed by atoms with van der Waals surface area (Å²) in [5.74, 6) is -6.59. The van der Waals surface area contributed by atoms with E-state index < -0.39 is 29.8 Å². The Labute approximate surface area is 163 Å². The normalized spacial score (nSPS) is 30.2. The molecule has 2 aliphatic rings. The minimum Gasteiger partial charge on any atom is -0.348 e. The van der Waals surface area contributed by atoms with Crippen molar-refractivity contribution in [3.8, 4) is 0 Å². The van der Waals surface area contributed by atoms with Gasteiger partial charge in [0.1, 0.15) is 0 Å². The first-order valence-corrected chi connectivity index (χ1v) is 10.1. The quantitative estimate of drug-likeness (QED) is 0.400. The van der Waals surface area contributed by atoms with Gasteiger partial charge in [-0.2, -0.15) is 0 Å². The molecule has 0 N–H and O–H groups in total. The third-order valence-electron chi connectivity index (χ3n) is 6.03. The van der Waals surface area contributed by atoms with E-state index in [4.69, 9.17) is 9.47 Å². The van der Waals surface area contributed by atoms with E-state index in [0.717, 1.165) is 12.8 Å². The van der Waals surface area contributed by atoms with Crippen LogP contribution in [0.2, 0.25) is 0 Å². The lowest BCUT2D eigenvalue weighted by atomic mass is 9.74. The molecule has 0 spiro atoms. The Morgan fingerprint density at radius 1 is 1.07 bits per heavy atom. The first-order valence-electron chi connectivity index (χ1n) is 10.1. The van der Waals surface area contributed by atoms with Crippen LogP contribution in [0.1, 0.15) is 68.8 Å². The molecule has 2 atom stereocenters. The van der Waals surface area contributed by atoms with Gasteiger partial charge in [-0.25, -0.2) is 17.6 Å². The second-order valence-electron chi connectivity index (χ2n) is 7.97. The Kier molecular flexibility index (Phi) is 6.81. The molecule has 1 heterocycles. The van der Waals surface area contributed by atoms with Gasteiger partial charge in [0.25, 0.3) is 5.92 Å². The Hall–Kier alpha value is -1.40. The Morgan fingerprint density at radius 2 is 1.71 bits per heavy atom. The van der Waals surface area contributed by atoms with Crippen LogP contribution >= 0.6 is 0 Å². The zero-order valence-electron chi connectivity index (χ0n) is 16.2. The molecule has 1 aromatic rings. The molecule has 1 saturated carbocycles. The fourth-order valence-electron chi connectivity index (χ4n) is 4.25. The number of alkyl halides is 2. The smallest absolute Gasteiger partial charge is 0.255 e. The fraction of sp³-hybridized carbons (Fsp3) is 0.636. The second-order valence-corrected chi connectivity index (χ2v) is 7.97. The van der Waals surface area contributed by atoms with Gasteiger partial charge in [-0.3, -0.25) is 0 Å². The van der Waals surface area contributed by atoms with Crippen LogP contribution in [0.4, 0.5) is 17.6 Å². The molecule has 6 heteroatoms. The average Bonchev–Trinajstić information content (AvgIpc) is 2.69. The average molecular weight is 400 g/mol. The van der Waals surface area contributed by atoms with Gasteiger partial charge in [0.05, 0.1) is 19.1 Å². The van der Waals surface area contributed by atoms with Crippen molar-refractivity contribution in [1.82, 2.24) is 0 Å². The molecule has 0 bridgehead atoms. The van der Waals surface area contributed by atoms with Crippen molar-refractivity contribution in [2.45, 2.75) is 63.6 Å². The maximum atomic E-state index is 14.7. The van der Waals surface area contributed by atoms with E-state index >= 15 is 0 Å². The second kappa shape index (κ2) is 8.95. The lowest BCUT2D eigenvalue weighted by Gasteiger charge is -2.36. The molecular weight excluding hydrogens is 372 g/mol. The summed E-state index contributed by atoms with van der Waals surface area (Å²) in [6.07, 6.45) is 3.61. The molecule has 0 amide bonds. The van der Waals surface area contributed by atoms with Crippen LogP contribution in [0.5, 0.6) is 0 Å². The summed E-state index contributed by atoms with van der Waals surface area (Å²) >= 11 is 0. The molecule has 3 rings (SSSR count). The molecule has 28 heavy (non-hydrogen) atoms. The van der Waals surface area contributed by atoms with Crippen molar-refractivity contribution >= 4 is 0 Å². The van der Waals surface area contributed by atoms with E-state index in [1.165, 1.54) is 12.1 Å². The van der Waals surface area contributed by atoms with Gasteiger partial charge in [0, 0.05) is 17.9 Å². The molecule has 2 nitrogen and oxygen atoms in total. The maximum absolute atomic E-state index is 14.7. The predicted octanol–water partition coefficient (Wildman–Crippen LogP) is 6.52. The van der Waals surface area contributed by atoms with Crippen molar-refractivity contribution in [2.75, 3.05) is 13.2 Å². The number of hydrogen-bond acceptors (Lipinski definition) is 2. The number of ether oxygens (including phenoxy) is 2. The maximum Gasteiger partial charge on any atom is 0.255 e. The van der Waals surface area contributed by atoms with Gasteiger partial charge in [-0.1, -0.05) is 31.6 Å². The highest BCUT2D eigenvalue weighted by molar-refractivity contribution is 5.31. The highest BCUT2D eigenvalue weighted by Gasteiger charge is 2.46. The number of allylic oxidation sites excluding steroid dienone is 1. The highest BCUT2D eigenvalue weighted by Crippen LogP contribution is 2.48. The van der Waals surface area contributed by atoms with Crippen molar-refractivity contribution in [2.24, 2.45) is 11.8 Å². The number of halogens is 4. The third kappa shape index (κ3) is 4.43. The summed E-state index contributed by atoms with van der Waals surface area (Å²) in [4.78, 5) is 0. The number of rotatable bonds is 6. The lowest BCUT2D eigenvalue weighted by Crippen LogP contribution is -2.35. The van der Waals surface area contributed by atoms with Gasteiger partial charge in [-0.15, -0.1) is 6.58 Å². The monoisotopic (exact) mass is 400 g/mol. The SMILES string of the molecule is C=CCCC1COC(c2ccc(C3CCC(CC)CC3(F)F)c(F)c2F)OC1. The van der Waals surface area contributed by atoms with Crippen LogP contribution in [0.25, 0.3) is 0 Å². The minimum atomic E-state index is -3.04. The summed E-state index contributed by atoms with van der Waals surface area (Å²) in [5.41, 5.74) is -0.325. The standard InChI is InChI=1S/C22H28F4O2/c1-3-5-6-15-12-27-21(28-13-15)17-9-8-16(19(23)20(17)24)18-10-7-14(4-2)11-22(18,25)26/h3,8-9,14-15,18,21H,1,4-7,10-13H2,2H3. The summed E-state index contributed by atoms with van der Waals surface area (Å²) in [6, 6.07) is 2.60. The van der Waals surface area contributed by atoms with E-state index in [2.05, 4.69) is 6.58 Å². The van der Waals surface area contributed by atoms with Crippen LogP contribution in [0.3, 0.4) is 0 Å². The number of benzene rings is 1. The molecule has 156 valence electrons. The fourth-order valence-corrected chi connectivity index (χ4v) is 4.25. The summed E-state index contributed by atoms with van der Waals surface area (Å²) < 4.78 is 69.7. The number of hydrogen-bond donors (Lipinski definition) is 0. The Bertz CT molecular complexity index is 683. The van der Waals surface area contributed by atoms with Gasteiger partial charge < -0.3 is 9.47 Å². The van der Waals surface area contributed by atoms with E-state index in [1.807, 2.05) is 13.0 Å². The molecule has 0 radical (unpaired) electrons. The van der Waals surface area contributed by atoms with Gasteiger partial charge in [-0.05, 0) is 37.2 Å². The zero-order chi connectivity index (χ0) is 20.3. The molecule has 2 unspecified atom stereocenters. The first-order chi connectivity index (χ1) is 13.4. The van der Waals surface area contributed by atoms with E-state index in [-0.39, 0.29) is 35.8 Å². The summed E-state index contributed by atoms with van der Waals surface area (Å²) in [7, 11) is 0. The summed E-state index contributed by atoms with van der Waals surface area (Å²) in [5, 5.41) is 0. The topological polar surface area (TPSA) is 18.5 Å². The first kappa shape index (κ1) is 21.3. The van der Waals surface area contributed by atoms with Crippen LogP contribution in [-0.4, -0.2) is 19.1 Å². The van der Waals surface area contributed by atoms with E-state index in [0.29, 0.717) is 26.1 Å². The molecule has 1 aliphatic heterocycles. The van der Waals surface area contributed by atoms with Gasteiger partial charge in [0.2, 0.25) is 0 Å². The highest BCUT2D eigenvalue weighted by atomic mass is 19.3. The van der Waals surface area contributed by atoms with Crippen molar-refractivity contribution in [3.05, 3.63) is 47.5 Å². The lowest BCUT2D eigenvalue weighted by molar-refractivity contribution is -0.207. The third-order valence-corrected chi connectivity index (χ3v) is 6.03. The predicted molar refractivity (Wildman–Crippen MR) is 99.2 cm³/mol. The molecule has 0 aromatic heterocycles. The molecular formula is C22H28F4O2. The van der Waals surface area contributed by atoms with Crippen LogP contribution in [-0.2, 0) is 9.47 Å². The Balaban J connectivity index is 1.74. The molecule has 1 aromatic carbocycles. The molecule has 2 fully saturated rings. The van der Waals surface area contributed by atoms with E-state index in [1.54, 1.807) is 0 Å². The molecule has 1 aliphatic carbocycles. The van der Waals surface area contributed by atoms with Crippen molar-refractivity contribution in [1.29, 1.82) is 0 Å². The molecule has 1 saturated heterocycles. The largest absolute Gasteiger partial charge is 0.348 e. The van der Waals surface area contributed by atoms with Crippen LogP contribution < -0.4 is 0 Å². The van der Waals surface area contributed by atoms with Gasteiger partial charge >= 0.3 is 0 Å². The van der Waals surface area contributed by atoms with Crippen LogP contribution in [0.15, 0.2) is 24.8 Å². The minimum absolute atomic E-state index is 0.0727. The Morgan fingerprint density at radius 3 is 2.32 bits per heavy atom. The van der Waals surface area contributed by atoms with Gasteiger partial charge in [0.15, 0.2) is 17.9 Å². The van der Waals surface area contributed by atoms with Crippen molar-refractivity contribution < 1.29 is 27.0 Å². The zero-order valence-corrected chi connectivity index (χ0v) is 16.2. The summed E-state index contributed by atoms with van der Waals surface area (Å²) in [6.45, 7) is 6.30. The van der Waals surface area contributed by atoms with E-state index in [9.17, 15) is 17.6 Å².